The number of ether oxygens (including phenoxy) is 4. The first kappa shape index (κ1) is 50.9. The minimum Gasteiger partial charge on any atom is -0.462 e. The lowest BCUT2D eigenvalue weighted by Gasteiger charge is -2.39. The summed E-state index contributed by atoms with van der Waals surface area (Å²) in [5, 5.41) is 40.0. The van der Waals surface area contributed by atoms with Crippen molar-refractivity contribution in [3.05, 3.63) is 36.5 Å². The van der Waals surface area contributed by atoms with E-state index >= 15 is 0 Å². The summed E-state index contributed by atoms with van der Waals surface area (Å²) in [4.78, 5) is 25.2. The molecule has 1 rings (SSSR count). The highest BCUT2D eigenvalue weighted by Crippen LogP contribution is 2.22. The quantitative estimate of drug-likeness (QED) is 0.0275. The largest absolute Gasteiger partial charge is 0.462 e. The zero-order valence-electron chi connectivity index (χ0n) is 34.7. The van der Waals surface area contributed by atoms with Gasteiger partial charge in [-0.05, 0) is 57.8 Å². The molecule has 1 heterocycles. The first-order valence-electron chi connectivity index (χ1n) is 22.1. The zero-order valence-corrected chi connectivity index (χ0v) is 34.7. The predicted octanol–water partition coefficient (Wildman–Crippen LogP) is 9.11. The van der Waals surface area contributed by atoms with E-state index < -0.39 is 55.4 Å². The van der Waals surface area contributed by atoms with Crippen LogP contribution in [0.3, 0.4) is 0 Å². The second-order valence-corrected chi connectivity index (χ2v) is 15.1. The Morgan fingerprint density at radius 3 is 1.60 bits per heavy atom. The van der Waals surface area contributed by atoms with Crippen molar-refractivity contribution < 1.29 is 49.0 Å². The van der Waals surface area contributed by atoms with Gasteiger partial charge in [0.05, 0.1) is 13.2 Å². The topological polar surface area (TPSA) is 152 Å². The molecule has 1 fully saturated rings. The van der Waals surface area contributed by atoms with Crippen molar-refractivity contribution in [2.45, 2.75) is 218 Å². The molecule has 0 aliphatic carbocycles. The van der Waals surface area contributed by atoms with Gasteiger partial charge in [0.2, 0.25) is 0 Å². The molecule has 0 amide bonds. The standard InChI is InChI=1S/C45H80O10/c1-3-5-7-9-11-13-15-17-18-19-20-22-23-25-27-29-31-33-40(47)52-36-38(37-53-45-44(51)43(50)42(49)39(35-46)55-45)54-41(48)34-32-30-28-26-24-21-16-14-12-10-8-6-4-2/h17-18,21,24,28,30,38-39,42-46,49-51H,3-16,19-20,22-23,25-27,29,31-37H2,1-2H3/b18-17+,24-21+,30-28+/t38?,39-,42+,43?,44?,45-/m0/s1. The van der Waals surface area contributed by atoms with E-state index in [1.54, 1.807) is 0 Å². The number of aliphatic hydroxyl groups excluding tert-OH is 4. The van der Waals surface area contributed by atoms with Crippen LogP contribution in [0.4, 0.5) is 0 Å². The average molecular weight is 781 g/mol. The molecule has 4 N–H and O–H groups in total. The minimum absolute atomic E-state index is 0.123. The van der Waals surface area contributed by atoms with Gasteiger partial charge in [0.25, 0.3) is 0 Å². The summed E-state index contributed by atoms with van der Waals surface area (Å²) in [6.45, 7) is 3.34. The average Bonchev–Trinajstić information content (AvgIpc) is 3.18. The fourth-order valence-corrected chi connectivity index (χ4v) is 6.47. The molecule has 10 nitrogen and oxygen atoms in total. The van der Waals surface area contributed by atoms with Gasteiger partial charge in [0, 0.05) is 12.8 Å². The maximum absolute atomic E-state index is 12.7. The summed E-state index contributed by atoms with van der Waals surface area (Å²) in [5.74, 6) is -0.889. The fraction of sp³-hybridized carbons (Fsp3) is 0.822. The first-order chi connectivity index (χ1) is 26.8. The highest BCUT2D eigenvalue weighted by Gasteiger charge is 2.44. The van der Waals surface area contributed by atoms with Gasteiger partial charge < -0.3 is 39.4 Å². The van der Waals surface area contributed by atoms with Gasteiger partial charge >= 0.3 is 11.9 Å². The van der Waals surface area contributed by atoms with Crippen LogP contribution in [-0.2, 0) is 28.5 Å². The molecular formula is C45H80O10. The van der Waals surface area contributed by atoms with E-state index in [0.29, 0.717) is 12.8 Å². The van der Waals surface area contributed by atoms with E-state index in [1.165, 1.54) is 103 Å². The van der Waals surface area contributed by atoms with Crippen molar-refractivity contribution in [1.29, 1.82) is 0 Å². The molecule has 0 bridgehead atoms. The van der Waals surface area contributed by atoms with E-state index in [1.807, 2.05) is 12.2 Å². The van der Waals surface area contributed by atoms with Crippen LogP contribution in [0.5, 0.6) is 0 Å². The van der Waals surface area contributed by atoms with Gasteiger partial charge in [0.1, 0.15) is 31.0 Å². The van der Waals surface area contributed by atoms with Crippen LogP contribution in [-0.4, -0.2) is 89.0 Å². The smallest absolute Gasteiger partial charge is 0.306 e. The summed E-state index contributed by atoms with van der Waals surface area (Å²) in [6, 6.07) is 0. The molecule has 6 atom stereocenters. The summed E-state index contributed by atoms with van der Waals surface area (Å²) in [5.41, 5.74) is 0. The summed E-state index contributed by atoms with van der Waals surface area (Å²) in [7, 11) is 0. The van der Waals surface area contributed by atoms with Gasteiger partial charge in [-0.3, -0.25) is 9.59 Å². The van der Waals surface area contributed by atoms with E-state index in [4.69, 9.17) is 18.9 Å². The van der Waals surface area contributed by atoms with Crippen molar-refractivity contribution in [3.8, 4) is 0 Å². The number of rotatable bonds is 36. The van der Waals surface area contributed by atoms with Gasteiger partial charge in [0.15, 0.2) is 12.4 Å². The molecule has 320 valence electrons. The Morgan fingerprint density at radius 1 is 0.564 bits per heavy atom. The van der Waals surface area contributed by atoms with Crippen LogP contribution in [0.25, 0.3) is 0 Å². The second kappa shape index (κ2) is 36.3. The molecule has 10 heteroatoms. The van der Waals surface area contributed by atoms with Crippen LogP contribution in [0.1, 0.15) is 181 Å². The third-order valence-electron chi connectivity index (χ3n) is 10.0. The Hall–Kier alpha value is -2.08. The number of allylic oxidation sites excluding steroid dienone is 6. The molecule has 0 aromatic carbocycles. The number of hydrogen-bond donors (Lipinski definition) is 4. The normalized spacial score (nSPS) is 20.9. The van der Waals surface area contributed by atoms with E-state index in [9.17, 15) is 30.0 Å². The van der Waals surface area contributed by atoms with Crippen LogP contribution >= 0.6 is 0 Å². The number of carbonyl (C=O) groups is 2. The molecule has 3 unspecified atom stereocenters. The van der Waals surface area contributed by atoms with E-state index in [-0.39, 0.29) is 26.1 Å². The Morgan fingerprint density at radius 2 is 1.05 bits per heavy atom. The Bertz CT molecular complexity index is 996. The van der Waals surface area contributed by atoms with Crippen LogP contribution < -0.4 is 0 Å². The lowest BCUT2D eigenvalue weighted by Crippen LogP contribution is -2.59. The van der Waals surface area contributed by atoms with Gasteiger partial charge in [-0.15, -0.1) is 0 Å². The second-order valence-electron chi connectivity index (χ2n) is 15.1. The summed E-state index contributed by atoms with van der Waals surface area (Å²) < 4.78 is 22.1. The predicted molar refractivity (Wildman–Crippen MR) is 219 cm³/mol. The number of hydrogen-bond acceptors (Lipinski definition) is 10. The van der Waals surface area contributed by atoms with Crippen molar-refractivity contribution in [3.63, 3.8) is 0 Å². The Balaban J connectivity index is 2.36. The SMILES string of the molecule is CCCCCCCC/C=C/C/C=C/CCC(=O)OC(COC(=O)CCCCCCCCC/C=C/CCCCCCCC)CO[C@H]1O[C@@H](CO)[C@@H](O)C(O)C1O. The zero-order chi connectivity index (χ0) is 40.2. The van der Waals surface area contributed by atoms with Crippen molar-refractivity contribution in [1.82, 2.24) is 0 Å². The lowest BCUT2D eigenvalue weighted by molar-refractivity contribution is -0.305. The first-order valence-corrected chi connectivity index (χ1v) is 22.1. The van der Waals surface area contributed by atoms with E-state index in [2.05, 4.69) is 38.2 Å². The fourth-order valence-electron chi connectivity index (χ4n) is 6.47. The summed E-state index contributed by atoms with van der Waals surface area (Å²) in [6.07, 6.45) is 33.1. The molecule has 0 aromatic rings. The molecule has 1 aliphatic heterocycles. The molecule has 0 aromatic heterocycles. The number of carbonyl (C=O) groups excluding carboxylic acids is 2. The number of aliphatic hydroxyl groups is 4. The van der Waals surface area contributed by atoms with Crippen molar-refractivity contribution >= 4 is 11.9 Å². The highest BCUT2D eigenvalue weighted by molar-refractivity contribution is 5.70. The maximum Gasteiger partial charge on any atom is 0.306 e. The van der Waals surface area contributed by atoms with E-state index in [0.717, 1.165) is 38.5 Å². The summed E-state index contributed by atoms with van der Waals surface area (Å²) >= 11 is 0. The van der Waals surface area contributed by atoms with Gasteiger partial charge in [-0.25, -0.2) is 0 Å². The molecule has 0 spiro atoms. The minimum atomic E-state index is -1.60. The van der Waals surface area contributed by atoms with Crippen LogP contribution in [0.15, 0.2) is 36.5 Å². The third kappa shape index (κ3) is 28.0. The Kier molecular flexibility index (Phi) is 33.6. The molecular weight excluding hydrogens is 700 g/mol. The van der Waals surface area contributed by atoms with Crippen molar-refractivity contribution in [2.75, 3.05) is 19.8 Å². The van der Waals surface area contributed by atoms with Crippen molar-refractivity contribution in [2.24, 2.45) is 0 Å². The number of esters is 2. The molecule has 0 saturated carbocycles. The number of unbranched alkanes of at least 4 members (excludes halogenated alkanes) is 19. The van der Waals surface area contributed by atoms with Crippen LogP contribution in [0, 0.1) is 0 Å². The lowest BCUT2D eigenvalue weighted by atomic mass is 9.99. The molecule has 0 radical (unpaired) electrons. The third-order valence-corrected chi connectivity index (χ3v) is 10.0. The highest BCUT2D eigenvalue weighted by atomic mass is 16.7. The molecule has 1 aliphatic rings. The molecule has 1 saturated heterocycles. The Labute approximate surface area is 334 Å². The maximum atomic E-state index is 12.7. The monoisotopic (exact) mass is 781 g/mol. The van der Waals surface area contributed by atoms with Gasteiger partial charge in [-0.2, -0.15) is 0 Å². The molecule has 55 heavy (non-hydrogen) atoms. The van der Waals surface area contributed by atoms with Gasteiger partial charge in [-0.1, -0.05) is 147 Å². The van der Waals surface area contributed by atoms with Crippen LogP contribution in [0.2, 0.25) is 0 Å².